The average molecular weight is 384 g/mol. The van der Waals surface area contributed by atoms with Crippen molar-refractivity contribution in [3.63, 3.8) is 0 Å². The van der Waals surface area contributed by atoms with Crippen LogP contribution in [0.2, 0.25) is 5.02 Å². The molecule has 138 valence electrons. The second kappa shape index (κ2) is 6.96. The van der Waals surface area contributed by atoms with Crippen molar-refractivity contribution < 1.29 is 14.6 Å². The van der Waals surface area contributed by atoms with Gasteiger partial charge in [-0.25, -0.2) is 4.68 Å². The number of halogens is 1. The molecule has 1 aromatic heterocycles. The van der Waals surface area contributed by atoms with Gasteiger partial charge >= 0.3 is 0 Å². The number of anilines is 1. The maximum atomic E-state index is 12.3. The molecule has 2 heterocycles. The van der Waals surface area contributed by atoms with Crippen LogP contribution in [0.3, 0.4) is 0 Å². The van der Waals surface area contributed by atoms with Crippen LogP contribution in [-0.4, -0.2) is 27.9 Å². The summed E-state index contributed by atoms with van der Waals surface area (Å²) in [6.07, 6.45) is 2.05. The van der Waals surface area contributed by atoms with Crippen molar-refractivity contribution in [1.29, 1.82) is 0 Å². The highest BCUT2D eigenvalue weighted by Crippen LogP contribution is 2.40. The quantitative estimate of drug-likeness (QED) is 0.719. The van der Waals surface area contributed by atoms with Crippen molar-refractivity contribution in [3.8, 4) is 11.5 Å². The van der Waals surface area contributed by atoms with Crippen LogP contribution in [-0.2, 0) is 11.3 Å². The van der Waals surface area contributed by atoms with E-state index in [1.165, 1.54) is 7.11 Å². The predicted octanol–water partition coefficient (Wildman–Crippen LogP) is 3.77. The maximum absolute atomic E-state index is 12.3. The topological polar surface area (TPSA) is 76.4 Å². The molecular weight excluding hydrogens is 366 g/mol. The summed E-state index contributed by atoms with van der Waals surface area (Å²) in [6, 6.07) is 12.7. The summed E-state index contributed by atoms with van der Waals surface area (Å²) < 4.78 is 6.84. The second-order valence-corrected chi connectivity index (χ2v) is 6.84. The summed E-state index contributed by atoms with van der Waals surface area (Å²) in [7, 11) is 1.50. The number of hydrogen-bond acceptors (Lipinski definition) is 4. The van der Waals surface area contributed by atoms with Gasteiger partial charge in [-0.3, -0.25) is 4.79 Å². The fraction of sp³-hybridized carbons (Fsp3) is 0.200. The normalized spacial score (nSPS) is 15.9. The van der Waals surface area contributed by atoms with Gasteiger partial charge in [0.15, 0.2) is 11.5 Å². The number of rotatable bonds is 4. The van der Waals surface area contributed by atoms with Crippen LogP contribution in [0.5, 0.6) is 11.5 Å². The lowest BCUT2D eigenvalue weighted by Crippen LogP contribution is -2.25. The highest BCUT2D eigenvalue weighted by atomic mass is 35.5. The molecule has 4 rings (SSSR count). The summed E-state index contributed by atoms with van der Waals surface area (Å²) >= 11 is 6.26. The van der Waals surface area contributed by atoms with Gasteiger partial charge < -0.3 is 15.2 Å². The van der Waals surface area contributed by atoms with Crippen LogP contribution in [0.15, 0.2) is 48.7 Å². The molecule has 1 aliphatic heterocycles. The minimum absolute atomic E-state index is 0.0472. The summed E-state index contributed by atoms with van der Waals surface area (Å²) in [5, 5.41) is 18.1. The number of nitrogens with one attached hydrogen (secondary N) is 1. The number of nitrogens with zero attached hydrogens (tertiary/aromatic N) is 2. The van der Waals surface area contributed by atoms with Gasteiger partial charge in [-0.2, -0.15) is 5.10 Å². The smallest absolute Gasteiger partial charge is 0.226 e. The Morgan fingerprint density at radius 3 is 2.89 bits per heavy atom. The number of benzene rings is 2. The molecule has 2 aromatic carbocycles. The van der Waals surface area contributed by atoms with E-state index in [0.29, 0.717) is 23.1 Å². The van der Waals surface area contributed by atoms with Gasteiger partial charge in [-0.15, -0.1) is 0 Å². The van der Waals surface area contributed by atoms with E-state index in [-0.39, 0.29) is 24.0 Å². The Kier molecular flexibility index (Phi) is 4.49. The van der Waals surface area contributed by atoms with Crippen LogP contribution in [0, 0.1) is 0 Å². The molecule has 1 aliphatic rings. The zero-order valence-corrected chi connectivity index (χ0v) is 15.4. The standard InChI is InChI=1S/C20H18ClN3O3/c1-27-18-7-6-12(8-17(18)25)14-9-19(26)23-20-15(14)10-22-24(20)11-13-4-2-3-5-16(13)21/h2-8,10,14,25H,9,11H2,1H3,(H,23,26). The Labute approximate surface area is 161 Å². The molecule has 0 saturated carbocycles. The van der Waals surface area contributed by atoms with Crippen molar-refractivity contribution in [3.05, 3.63) is 70.4 Å². The summed E-state index contributed by atoms with van der Waals surface area (Å²) in [5.41, 5.74) is 2.66. The van der Waals surface area contributed by atoms with Gasteiger partial charge in [-0.1, -0.05) is 35.9 Å². The first-order chi connectivity index (χ1) is 13.1. The maximum Gasteiger partial charge on any atom is 0.226 e. The highest BCUT2D eigenvalue weighted by molar-refractivity contribution is 6.31. The molecule has 1 atom stereocenters. The van der Waals surface area contributed by atoms with Gasteiger partial charge in [0.05, 0.1) is 19.9 Å². The van der Waals surface area contributed by atoms with E-state index in [1.807, 2.05) is 30.3 Å². The van der Waals surface area contributed by atoms with Crippen LogP contribution in [0.1, 0.15) is 29.0 Å². The minimum Gasteiger partial charge on any atom is -0.504 e. The van der Waals surface area contributed by atoms with Crippen LogP contribution in [0.25, 0.3) is 0 Å². The zero-order chi connectivity index (χ0) is 19.0. The highest BCUT2D eigenvalue weighted by Gasteiger charge is 2.30. The number of aromatic nitrogens is 2. The summed E-state index contributed by atoms with van der Waals surface area (Å²) in [4.78, 5) is 12.3. The van der Waals surface area contributed by atoms with Crippen LogP contribution >= 0.6 is 11.6 Å². The molecule has 7 heteroatoms. The number of carbonyl (C=O) groups excluding carboxylic acids is 1. The molecule has 0 aliphatic carbocycles. The molecule has 0 bridgehead atoms. The molecular formula is C20H18ClN3O3. The van der Waals surface area contributed by atoms with E-state index in [0.717, 1.165) is 16.7 Å². The molecule has 0 saturated heterocycles. The Hall–Kier alpha value is -2.99. The Morgan fingerprint density at radius 2 is 2.15 bits per heavy atom. The van der Waals surface area contributed by atoms with E-state index in [4.69, 9.17) is 16.3 Å². The number of carbonyl (C=O) groups is 1. The molecule has 1 unspecified atom stereocenters. The third-order valence-electron chi connectivity index (χ3n) is 4.77. The third kappa shape index (κ3) is 3.24. The van der Waals surface area contributed by atoms with E-state index in [2.05, 4.69) is 10.4 Å². The first-order valence-corrected chi connectivity index (χ1v) is 8.90. The largest absolute Gasteiger partial charge is 0.504 e. The molecule has 0 spiro atoms. The number of phenolic OH excluding ortho intramolecular Hbond substituents is 1. The molecule has 1 amide bonds. The van der Waals surface area contributed by atoms with Gasteiger partial charge in [0.2, 0.25) is 5.91 Å². The van der Waals surface area contributed by atoms with Gasteiger partial charge in [0.1, 0.15) is 5.82 Å². The number of amides is 1. The fourth-order valence-electron chi connectivity index (χ4n) is 3.40. The zero-order valence-electron chi connectivity index (χ0n) is 14.6. The molecule has 0 fully saturated rings. The van der Waals surface area contributed by atoms with Crippen LogP contribution < -0.4 is 10.1 Å². The number of ether oxygens (including phenoxy) is 1. The lowest BCUT2D eigenvalue weighted by Gasteiger charge is -2.24. The minimum atomic E-state index is -0.189. The van der Waals surface area contributed by atoms with Crippen molar-refractivity contribution in [2.24, 2.45) is 0 Å². The van der Waals surface area contributed by atoms with Crippen LogP contribution in [0.4, 0.5) is 5.82 Å². The number of methoxy groups -OCH3 is 1. The van der Waals surface area contributed by atoms with Crippen molar-refractivity contribution >= 4 is 23.3 Å². The number of fused-ring (bicyclic) bond motifs is 1. The van der Waals surface area contributed by atoms with Gasteiger partial charge in [0, 0.05) is 22.9 Å². The average Bonchev–Trinajstić information content (AvgIpc) is 3.05. The SMILES string of the molecule is COc1ccc(C2CC(=O)Nc3c2cnn3Cc2ccccc2Cl)cc1O. The molecule has 2 N–H and O–H groups in total. The molecule has 3 aromatic rings. The monoisotopic (exact) mass is 383 g/mol. The van der Waals surface area contributed by atoms with Crippen molar-refractivity contribution in [2.45, 2.75) is 18.9 Å². The molecule has 6 nitrogen and oxygen atoms in total. The first kappa shape index (κ1) is 17.4. The number of hydrogen-bond donors (Lipinski definition) is 2. The molecule has 0 radical (unpaired) electrons. The number of aromatic hydroxyl groups is 1. The van der Waals surface area contributed by atoms with Crippen molar-refractivity contribution in [1.82, 2.24) is 9.78 Å². The van der Waals surface area contributed by atoms with E-state index < -0.39 is 0 Å². The van der Waals surface area contributed by atoms with Gasteiger partial charge in [-0.05, 0) is 29.3 Å². The van der Waals surface area contributed by atoms with E-state index in [1.54, 1.807) is 23.0 Å². The first-order valence-electron chi connectivity index (χ1n) is 8.52. The Morgan fingerprint density at radius 1 is 1.33 bits per heavy atom. The summed E-state index contributed by atoms with van der Waals surface area (Å²) in [6.45, 7) is 0.454. The van der Waals surface area contributed by atoms with Crippen molar-refractivity contribution in [2.75, 3.05) is 12.4 Å². The second-order valence-electron chi connectivity index (χ2n) is 6.43. The summed E-state index contributed by atoms with van der Waals surface area (Å²) in [5.74, 6) is 0.820. The predicted molar refractivity (Wildman–Crippen MR) is 103 cm³/mol. The number of phenols is 1. The lowest BCUT2D eigenvalue weighted by molar-refractivity contribution is -0.116. The van der Waals surface area contributed by atoms with E-state index >= 15 is 0 Å². The molecule has 27 heavy (non-hydrogen) atoms. The Balaban J connectivity index is 1.71. The van der Waals surface area contributed by atoms with E-state index in [9.17, 15) is 9.90 Å². The lowest BCUT2D eigenvalue weighted by atomic mass is 9.87. The Bertz CT molecular complexity index is 1020. The third-order valence-corrected chi connectivity index (χ3v) is 5.14. The fourth-order valence-corrected chi connectivity index (χ4v) is 3.59. The van der Waals surface area contributed by atoms with Gasteiger partial charge in [0.25, 0.3) is 0 Å².